The van der Waals surface area contributed by atoms with Crippen molar-refractivity contribution < 1.29 is 4.79 Å². The van der Waals surface area contributed by atoms with Gasteiger partial charge in [0.25, 0.3) is 0 Å². The molecule has 0 saturated carbocycles. The van der Waals surface area contributed by atoms with E-state index in [9.17, 15) is 4.79 Å². The van der Waals surface area contributed by atoms with Gasteiger partial charge in [-0.1, -0.05) is 48.0 Å². The molecule has 0 atom stereocenters. The molecule has 1 N–H and O–H groups in total. The van der Waals surface area contributed by atoms with Crippen molar-refractivity contribution in [3.05, 3.63) is 0 Å². The molecule has 0 heterocycles. The molecule has 0 unspecified atom stereocenters. The third kappa shape index (κ3) is 6.86. The van der Waals surface area contributed by atoms with Crippen molar-refractivity contribution >= 4 is 5.91 Å². The molecule has 16 heavy (non-hydrogen) atoms. The van der Waals surface area contributed by atoms with Crippen molar-refractivity contribution in [2.75, 3.05) is 6.54 Å². The largest absolute Gasteiger partial charge is 0.356 e. The van der Waals surface area contributed by atoms with E-state index in [4.69, 9.17) is 0 Å². The van der Waals surface area contributed by atoms with Gasteiger partial charge >= 0.3 is 0 Å². The second-order valence-corrected chi connectivity index (χ2v) is 6.39. The second-order valence-electron chi connectivity index (χ2n) is 6.39. The summed E-state index contributed by atoms with van der Waals surface area (Å²) in [5.74, 6) is 0.185. The Morgan fingerprint density at radius 1 is 1.06 bits per heavy atom. The minimum absolute atomic E-state index is 0.183. The third-order valence-corrected chi connectivity index (χ3v) is 3.16. The van der Waals surface area contributed by atoms with Gasteiger partial charge in [-0.05, 0) is 23.7 Å². The molecule has 0 aliphatic carbocycles. The minimum Gasteiger partial charge on any atom is -0.356 e. The summed E-state index contributed by atoms with van der Waals surface area (Å²) in [7, 11) is 0. The highest BCUT2D eigenvalue weighted by Crippen LogP contribution is 2.35. The summed E-state index contributed by atoms with van der Waals surface area (Å²) < 4.78 is 0. The van der Waals surface area contributed by atoms with Crippen LogP contribution in [0.3, 0.4) is 0 Å². The molecule has 0 radical (unpaired) electrons. The smallest absolute Gasteiger partial charge is 0.220 e. The van der Waals surface area contributed by atoms with Crippen molar-refractivity contribution in [1.82, 2.24) is 5.32 Å². The van der Waals surface area contributed by atoms with Crippen LogP contribution in [0.1, 0.15) is 67.2 Å². The van der Waals surface area contributed by atoms with Crippen molar-refractivity contribution in [2.24, 2.45) is 10.8 Å². The zero-order chi connectivity index (χ0) is 12.8. The van der Waals surface area contributed by atoms with Crippen LogP contribution in [0.5, 0.6) is 0 Å². The highest BCUT2D eigenvalue weighted by molar-refractivity contribution is 5.75. The first-order valence-electron chi connectivity index (χ1n) is 6.49. The summed E-state index contributed by atoms with van der Waals surface area (Å²) in [4.78, 5) is 11.4. The number of nitrogens with one attached hydrogen (secondary N) is 1. The molecule has 0 aromatic heterocycles. The van der Waals surface area contributed by atoms with Crippen LogP contribution >= 0.6 is 0 Å². The molecule has 1 amide bonds. The molecule has 0 spiro atoms. The van der Waals surface area contributed by atoms with Crippen LogP contribution < -0.4 is 5.32 Å². The number of hydrogen-bond donors (Lipinski definition) is 1. The summed E-state index contributed by atoms with van der Waals surface area (Å²) in [6.07, 6.45) is 3.89. The maximum Gasteiger partial charge on any atom is 0.220 e. The molecular weight excluding hydrogens is 198 g/mol. The Morgan fingerprint density at radius 3 is 2.06 bits per heavy atom. The Morgan fingerprint density at radius 2 is 1.62 bits per heavy atom. The molecule has 0 aromatic carbocycles. The van der Waals surface area contributed by atoms with Crippen molar-refractivity contribution in [3.63, 3.8) is 0 Å². The SMILES string of the molecule is CCCC(=O)NCC(C)(C)CC(C)(C)CC. The molecular formula is C14H29NO. The van der Waals surface area contributed by atoms with Gasteiger partial charge in [0.2, 0.25) is 5.91 Å². The summed E-state index contributed by atoms with van der Waals surface area (Å²) in [5, 5.41) is 3.03. The van der Waals surface area contributed by atoms with Crippen LogP contribution in [0.15, 0.2) is 0 Å². The second kappa shape index (κ2) is 6.27. The first kappa shape index (κ1) is 15.5. The van der Waals surface area contributed by atoms with E-state index in [0.29, 0.717) is 11.8 Å². The zero-order valence-electron chi connectivity index (χ0n) is 11.9. The Labute approximate surface area is 101 Å². The van der Waals surface area contributed by atoms with E-state index in [-0.39, 0.29) is 11.3 Å². The Bertz CT molecular complexity index is 219. The van der Waals surface area contributed by atoms with Crippen LogP contribution in [0, 0.1) is 10.8 Å². The number of rotatable bonds is 7. The van der Waals surface area contributed by atoms with E-state index in [1.165, 1.54) is 6.42 Å². The fourth-order valence-corrected chi connectivity index (χ4v) is 2.14. The van der Waals surface area contributed by atoms with Gasteiger partial charge in [0.1, 0.15) is 0 Å². The average molecular weight is 227 g/mol. The summed E-state index contributed by atoms with van der Waals surface area (Å²) in [6, 6.07) is 0. The van der Waals surface area contributed by atoms with E-state index in [2.05, 4.69) is 39.9 Å². The van der Waals surface area contributed by atoms with Crippen molar-refractivity contribution in [1.29, 1.82) is 0 Å². The topological polar surface area (TPSA) is 29.1 Å². The first-order chi connectivity index (χ1) is 7.22. The van der Waals surface area contributed by atoms with Crippen molar-refractivity contribution in [3.8, 4) is 0 Å². The quantitative estimate of drug-likeness (QED) is 0.705. The predicted molar refractivity (Wildman–Crippen MR) is 70.4 cm³/mol. The van der Waals surface area contributed by atoms with Gasteiger partial charge in [-0.3, -0.25) is 4.79 Å². The van der Waals surface area contributed by atoms with Crippen molar-refractivity contribution in [2.45, 2.75) is 67.2 Å². The van der Waals surface area contributed by atoms with Crippen LogP contribution in [-0.4, -0.2) is 12.5 Å². The molecule has 96 valence electrons. The molecule has 0 aromatic rings. The monoisotopic (exact) mass is 227 g/mol. The van der Waals surface area contributed by atoms with Gasteiger partial charge in [0.05, 0.1) is 0 Å². The van der Waals surface area contributed by atoms with E-state index in [1.54, 1.807) is 0 Å². The number of carbonyl (C=O) groups excluding carboxylic acids is 1. The Balaban J connectivity index is 4.09. The molecule has 0 saturated heterocycles. The summed E-state index contributed by atoms with van der Waals surface area (Å²) in [5.41, 5.74) is 0.544. The lowest BCUT2D eigenvalue weighted by molar-refractivity contribution is -0.121. The summed E-state index contributed by atoms with van der Waals surface area (Å²) in [6.45, 7) is 14.1. The zero-order valence-corrected chi connectivity index (χ0v) is 11.9. The highest BCUT2D eigenvalue weighted by Gasteiger charge is 2.27. The lowest BCUT2D eigenvalue weighted by Crippen LogP contribution is -2.36. The fourth-order valence-electron chi connectivity index (χ4n) is 2.14. The molecule has 0 rings (SSSR count). The average Bonchev–Trinajstić information content (AvgIpc) is 2.14. The van der Waals surface area contributed by atoms with Gasteiger partial charge in [0, 0.05) is 13.0 Å². The van der Waals surface area contributed by atoms with Gasteiger partial charge in [-0.25, -0.2) is 0 Å². The number of carbonyl (C=O) groups is 1. The first-order valence-corrected chi connectivity index (χ1v) is 6.49. The van der Waals surface area contributed by atoms with E-state index in [1.807, 2.05) is 6.92 Å². The lowest BCUT2D eigenvalue weighted by Gasteiger charge is -2.34. The predicted octanol–water partition coefficient (Wildman–Crippen LogP) is 3.76. The van der Waals surface area contributed by atoms with Crippen LogP contribution in [0.25, 0.3) is 0 Å². The number of hydrogen-bond acceptors (Lipinski definition) is 1. The Hall–Kier alpha value is -0.530. The highest BCUT2D eigenvalue weighted by atomic mass is 16.1. The minimum atomic E-state index is 0.183. The molecule has 0 aliphatic heterocycles. The van der Waals surface area contributed by atoms with Gasteiger partial charge in [-0.2, -0.15) is 0 Å². The third-order valence-electron chi connectivity index (χ3n) is 3.16. The standard InChI is InChI=1S/C14H29NO/c1-7-9-12(16)15-11-14(5,6)10-13(3,4)8-2/h7-11H2,1-6H3,(H,15,16). The molecule has 0 fully saturated rings. The van der Waals surface area contributed by atoms with Gasteiger partial charge < -0.3 is 5.32 Å². The van der Waals surface area contributed by atoms with E-state index < -0.39 is 0 Å². The van der Waals surface area contributed by atoms with Crippen LogP contribution in [0.2, 0.25) is 0 Å². The maximum absolute atomic E-state index is 11.4. The Kier molecular flexibility index (Phi) is 6.06. The normalized spacial score (nSPS) is 12.6. The molecule has 2 heteroatoms. The van der Waals surface area contributed by atoms with Gasteiger partial charge in [0.15, 0.2) is 0 Å². The fraction of sp³-hybridized carbons (Fsp3) is 0.929. The number of amides is 1. The van der Waals surface area contributed by atoms with Gasteiger partial charge in [-0.15, -0.1) is 0 Å². The van der Waals surface area contributed by atoms with E-state index in [0.717, 1.165) is 19.4 Å². The van der Waals surface area contributed by atoms with Crippen LogP contribution in [0.4, 0.5) is 0 Å². The molecule has 0 bridgehead atoms. The molecule has 0 aliphatic rings. The summed E-state index contributed by atoms with van der Waals surface area (Å²) >= 11 is 0. The molecule has 2 nitrogen and oxygen atoms in total. The lowest BCUT2D eigenvalue weighted by atomic mass is 9.73. The maximum atomic E-state index is 11.4. The van der Waals surface area contributed by atoms with E-state index >= 15 is 0 Å². The van der Waals surface area contributed by atoms with Crippen LogP contribution in [-0.2, 0) is 4.79 Å².